The van der Waals surface area contributed by atoms with Crippen LogP contribution in [0.15, 0.2) is 47.0 Å². The Morgan fingerprint density at radius 2 is 1.91 bits per heavy atom. The van der Waals surface area contributed by atoms with Crippen molar-refractivity contribution in [3.05, 3.63) is 93.4 Å². The normalized spacial score (nSPS) is 11.0. The summed E-state index contributed by atoms with van der Waals surface area (Å²) in [5, 5.41) is 11.4. The maximum Gasteiger partial charge on any atom is 0.278 e. The van der Waals surface area contributed by atoms with Crippen LogP contribution in [-0.4, -0.2) is 20.8 Å². The van der Waals surface area contributed by atoms with E-state index in [1.165, 1.54) is 12.1 Å². The highest BCUT2D eigenvalue weighted by molar-refractivity contribution is 6.04. The summed E-state index contributed by atoms with van der Waals surface area (Å²) in [5.41, 5.74) is 5.61. The van der Waals surface area contributed by atoms with Crippen LogP contribution in [0.2, 0.25) is 0 Å². The number of anilines is 1. The number of carbonyl (C=O) groups excluding carboxylic acids is 1. The fourth-order valence-electron chi connectivity index (χ4n) is 3.77. The van der Waals surface area contributed by atoms with E-state index in [-0.39, 0.29) is 18.1 Å². The third-order valence-electron chi connectivity index (χ3n) is 5.76. The molecule has 0 radical (unpaired) electrons. The van der Waals surface area contributed by atoms with Gasteiger partial charge in [0.15, 0.2) is 5.69 Å². The quantitative estimate of drug-likeness (QED) is 0.396. The Hall–Kier alpha value is -3.94. The van der Waals surface area contributed by atoms with Gasteiger partial charge in [0.2, 0.25) is 0 Å². The van der Waals surface area contributed by atoms with E-state index in [0.29, 0.717) is 29.2 Å². The molecule has 0 spiro atoms. The number of nitrogens with one attached hydrogen (secondary N) is 1. The van der Waals surface area contributed by atoms with Gasteiger partial charge in [0.05, 0.1) is 29.2 Å². The second kappa shape index (κ2) is 9.51. The van der Waals surface area contributed by atoms with Crippen LogP contribution in [0.25, 0.3) is 0 Å². The molecule has 8 heteroatoms. The molecule has 0 bridgehead atoms. The maximum atomic E-state index is 13.6. The number of carbonyl (C=O) groups is 1. The number of hydrogen-bond donors (Lipinski definition) is 1. The monoisotopic (exact) mass is 462 g/mol. The lowest BCUT2D eigenvalue weighted by molar-refractivity contribution is 0.101. The second-order valence-corrected chi connectivity index (χ2v) is 8.41. The number of ether oxygens (including phenoxy) is 1. The molecule has 0 aliphatic heterocycles. The van der Waals surface area contributed by atoms with Crippen LogP contribution < -0.4 is 10.1 Å². The zero-order chi connectivity index (χ0) is 24.4. The van der Waals surface area contributed by atoms with Crippen LogP contribution in [0.5, 0.6) is 5.75 Å². The average molecular weight is 463 g/mol. The van der Waals surface area contributed by atoms with Crippen molar-refractivity contribution < 1.29 is 18.4 Å². The first-order valence-electron chi connectivity index (χ1n) is 11.0. The number of aromatic nitrogens is 3. The molecular formula is C26H27FN4O3. The van der Waals surface area contributed by atoms with Crippen LogP contribution in [0.3, 0.4) is 0 Å². The van der Waals surface area contributed by atoms with Gasteiger partial charge in [-0.2, -0.15) is 5.10 Å². The summed E-state index contributed by atoms with van der Waals surface area (Å²) < 4.78 is 26.6. The number of nitrogens with zero attached hydrogens (tertiary/aromatic N) is 3. The summed E-state index contributed by atoms with van der Waals surface area (Å²) in [5.74, 6) is 0.556. The predicted molar refractivity (Wildman–Crippen MR) is 127 cm³/mol. The lowest BCUT2D eigenvalue weighted by Gasteiger charge is -2.10. The summed E-state index contributed by atoms with van der Waals surface area (Å²) in [6, 6.07) is 12.3. The van der Waals surface area contributed by atoms with Crippen molar-refractivity contribution in [2.24, 2.45) is 0 Å². The number of benzene rings is 2. The fraction of sp³-hybridized carbons (Fsp3) is 0.269. The molecular weight excluding hydrogens is 435 g/mol. The summed E-state index contributed by atoms with van der Waals surface area (Å²) in [6.45, 7) is 9.91. The van der Waals surface area contributed by atoms with Crippen molar-refractivity contribution >= 4 is 11.6 Å². The number of hydrogen-bond acceptors (Lipinski definition) is 5. The SMILES string of the molecule is Cc1ccc(C)c(OCc2c(C(=O)Nc3c(C)nn(Cc4cccc(F)c4)c3C)noc2C)c1. The second-order valence-electron chi connectivity index (χ2n) is 8.41. The molecule has 0 aliphatic rings. The van der Waals surface area contributed by atoms with E-state index in [1.54, 1.807) is 17.7 Å². The standard InChI is InChI=1S/C26H27FN4O3/c1-15-9-10-16(2)23(11-15)33-14-22-19(5)34-30-25(22)26(32)28-24-17(3)29-31(18(24)4)13-20-7-6-8-21(27)12-20/h6-12H,13-14H2,1-5H3,(H,28,32). The van der Waals surface area contributed by atoms with Crippen molar-refractivity contribution in [1.82, 2.24) is 14.9 Å². The van der Waals surface area contributed by atoms with E-state index in [1.807, 2.05) is 52.0 Å². The van der Waals surface area contributed by atoms with E-state index < -0.39 is 5.91 Å². The third-order valence-corrected chi connectivity index (χ3v) is 5.76. The van der Waals surface area contributed by atoms with Crippen LogP contribution in [-0.2, 0) is 13.2 Å². The Morgan fingerprint density at radius 1 is 1.12 bits per heavy atom. The van der Waals surface area contributed by atoms with Gasteiger partial charge in [-0.25, -0.2) is 4.39 Å². The smallest absolute Gasteiger partial charge is 0.278 e. The van der Waals surface area contributed by atoms with Gasteiger partial charge in [-0.15, -0.1) is 0 Å². The number of aryl methyl sites for hydroxylation is 4. The minimum Gasteiger partial charge on any atom is -0.488 e. The number of amides is 1. The average Bonchev–Trinajstić information content (AvgIpc) is 3.28. The van der Waals surface area contributed by atoms with Crippen molar-refractivity contribution in [3.8, 4) is 5.75 Å². The molecule has 176 valence electrons. The molecule has 0 unspecified atom stereocenters. The lowest BCUT2D eigenvalue weighted by Crippen LogP contribution is -2.16. The van der Waals surface area contributed by atoms with Crippen LogP contribution in [0, 0.1) is 40.4 Å². The number of rotatable bonds is 7. The van der Waals surface area contributed by atoms with Gasteiger partial charge in [0.25, 0.3) is 5.91 Å². The molecule has 0 aliphatic carbocycles. The Kier molecular flexibility index (Phi) is 6.49. The Balaban J connectivity index is 1.52. The lowest BCUT2D eigenvalue weighted by atomic mass is 10.1. The van der Waals surface area contributed by atoms with Crippen LogP contribution >= 0.6 is 0 Å². The summed E-state index contributed by atoms with van der Waals surface area (Å²) in [6.07, 6.45) is 0. The molecule has 0 saturated carbocycles. The van der Waals surface area contributed by atoms with Gasteiger partial charge >= 0.3 is 0 Å². The minimum atomic E-state index is -0.409. The number of halogens is 1. The first-order chi connectivity index (χ1) is 16.2. The Labute approximate surface area is 197 Å². The molecule has 0 fully saturated rings. The first kappa shape index (κ1) is 23.2. The van der Waals surface area contributed by atoms with Crippen molar-refractivity contribution in [1.29, 1.82) is 0 Å². The third kappa shape index (κ3) is 4.85. The zero-order valence-electron chi connectivity index (χ0n) is 19.9. The molecule has 7 nitrogen and oxygen atoms in total. The van der Waals surface area contributed by atoms with Gasteiger partial charge in [-0.1, -0.05) is 29.4 Å². The van der Waals surface area contributed by atoms with E-state index in [9.17, 15) is 9.18 Å². The largest absolute Gasteiger partial charge is 0.488 e. The van der Waals surface area contributed by atoms with Crippen LogP contribution in [0.4, 0.5) is 10.1 Å². The highest BCUT2D eigenvalue weighted by atomic mass is 19.1. The highest BCUT2D eigenvalue weighted by Gasteiger charge is 2.23. The van der Waals surface area contributed by atoms with Gasteiger partial charge in [0.1, 0.15) is 23.9 Å². The molecule has 0 atom stereocenters. The molecule has 2 heterocycles. The maximum absolute atomic E-state index is 13.6. The van der Waals surface area contributed by atoms with Crippen LogP contribution in [0.1, 0.15) is 49.9 Å². The van der Waals surface area contributed by atoms with E-state index in [2.05, 4.69) is 15.6 Å². The summed E-state index contributed by atoms with van der Waals surface area (Å²) in [4.78, 5) is 13.1. The van der Waals surface area contributed by atoms with E-state index >= 15 is 0 Å². The van der Waals surface area contributed by atoms with Gasteiger partial charge in [0, 0.05) is 0 Å². The van der Waals surface area contributed by atoms with Crippen molar-refractivity contribution in [3.63, 3.8) is 0 Å². The molecule has 1 amide bonds. The van der Waals surface area contributed by atoms with Crippen molar-refractivity contribution in [2.45, 2.75) is 47.8 Å². The highest BCUT2D eigenvalue weighted by Crippen LogP contribution is 2.25. The van der Waals surface area contributed by atoms with E-state index in [4.69, 9.17) is 9.26 Å². The van der Waals surface area contributed by atoms with Gasteiger partial charge < -0.3 is 14.6 Å². The topological polar surface area (TPSA) is 82.2 Å². The minimum absolute atomic E-state index is 0.152. The summed E-state index contributed by atoms with van der Waals surface area (Å²) in [7, 11) is 0. The molecule has 1 N–H and O–H groups in total. The fourth-order valence-corrected chi connectivity index (χ4v) is 3.77. The predicted octanol–water partition coefficient (Wildman–Crippen LogP) is 5.43. The molecule has 34 heavy (non-hydrogen) atoms. The molecule has 4 aromatic rings. The summed E-state index contributed by atoms with van der Waals surface area (Å²) >= 11 is 0. The zero-order valence-corrected chi connectivity index (χ0v) is 19.9. The first-order valence-corrected chi connectivity index (χ1v) is 11.0. The molecule has 0 saturated heterocycles. The molecule has 2 aromatic carbocycles. The molecule has 2 aromatic heterocycles. The van der Waals surface area contributed by atoms with Crippen molar-refractivity contribution in [2.75, 3.05) is 5.32 Å². The van der Waals surface area contributed by atoms with Gasteiger partial charge in [-0.3, -0.25) is 9.48 Å². The molecule has 4 rings (SSSR count). The Morgan fingerprint density at radius 3 is 2.68 bits per heavy atom. The van der Waals surface area contributed by atoms with E-state index in [0.717, 1.165) is 28.1 Å². The Bertz CT molecular complexity index is 1360. The van der Waals surface area contributed by atoms with Gasteiger partial charge in [-0.05, 0) is 69.5 Å².